The third-order valence-electron chi connectivity index (χ3n) is 8.13. The van der Waals surface area contributed by atoms with Gasteiger partial charge in [-0.25, -0.2) is 0 Å². The maximum atomic E-state index is 1.68. The topological polar surface area (TPSA) is 0 Å². The Hall–Kier alpha value is 0. The van der Waals surface area contributed by atoms with Gasteiger partial charge in [0.15, 0.2) is 0 Å². The maximum Gasteiger partial charge on any atom is -0.0225 e. The van der Waals surface area contributed by atoms with Crippen LogP contribution in [0.1, 0.15) is 77.0 Å². The van der Waals surface area contributed by atoms with Crippen LogP contribution >= 0.6 is 0 Å². The van der Waals surface area contributed by atoms with E-state index in [9.17, 15) is 0 Å². The van der Waals surface area contributed by atoms with E-state index in [1.807, 2.05) is 0 Å². The van der Waals surface area contributed by atoms with Gasteiger partial charge < -0.3 is 0 Å². The summed E-state index contributed by atoms with van der Waals surface area (Å²) in [6.45, 7) is 0. The molecule has 2 spiro atoms. The van der Waals surface area contributed by atoms with Crippen LogP contribution in [-0.4, -0.2) is 0 Å². The number of hydrogen-bond donors (Lipinski definition) is 0. The molecule has 8 aliphatic carbocycles. The van der Waals surface area contributed by atoms with Crippen LogP contribution in [-0.2, 0) is 0 Å². The van der Waals surface area contributed by atoms with Gasteiger partial charge >= 0.3 is 0 Å². The van der Waals surface area contributed by atoms with Crippen molar-refractivity contribution in [3.63, 3.8) is 0 Å². The second kappa shape index (κ2) is 3.36. The highest BCUT2D eigenvalue weighted by Crippen LogP contribution is 2.87. The van der Waals surface area contributed by atoms with Gasteiger partial charge in [-0.05, 0) is 66.6 Å². The van der Waals surface area contributed by atoms with Gasteiger partial charge in [-0.1, -0.05) is 44.9 Å². The third kappa shape index (κ3) is 1.11. The summed E-state index contributed by atoms with van der Waals surface area (Å²) in [5.74, 6) is 4.78. The zero-order valence-electron chi connectivity index (χ0n) is 11.8. The SMILES string of the molecule is C1CCCC2CC3(C2)CC24CC(CCC1)C2CC34. The molecule has 100 valence electrons. The molecule has 8 saturated carbocycles. The van der Waals surface area contributed by atoms with Crippen LogP contribution < -0.4 is 0 Å². The van der Waals surface area contributed by atoms with E-state index in [2.05, 4.69) is 0 Å². The van der Waals surface area contributed by atoms with Crippen molar-refractivity contribution < 1.29 is 0 Å². The van der Waals surface area contributed by atoms with E-state index in [4.69, 9.17) is 0 Å². The van der Waals surface area contributed by atoms with E-state index < -0.39 is 0 Å². The first-order valence-corrected chi connectivity index (χ1v) is 8.82. The highest BCUT2D eigenvalue weighted by Gasteiger charge is 2.79. The molecule has 6 bridgehead atoms. The molecule has 0 aliphatic heterocycles. The van der Waals surface area contributed by atoms with Crippen molar-refractivity contribution in [3.8, 4) is 0 Å². The van der Waals surface area contributed by atoms with E-state index >= 15 is 0 Å². The van der Waals surface area contributed by atoms with Crippen molar-refractivity contribution in [2.75, 3.05) is 0 Å². The van der Waals surface area contributed by atoms with Crippen molar-refractivity contribution in [1.29, 1.82) is 0 Å². The maximum absolute atomic E-state index is 1.68. The predicted octanol–water partition coefficient (Wildman–Crippen LogP) is 5.17. The van der Waals surface area contributed by atoms with E-state index in [1.54, 1.807) is 57.8 Å². The Kier molecular flexibility index (Phi) is 2.01. The van der Waals surface area contributed by atoms with Crippen molar-refractivity contribution in [3.05, 3.63) is 0 Å². The highest BCUT2D eigenvalue weighted by molar-refractivity contribution is 5.28. The quantitative estimate of drug-likeness (QED) is 0.551. The number of hydrogen-bond acceptors (Lipinski definition) is 0. The fourth-order valence-corrected chi connectivity index (χ4v) is 7.48. The van der Waals surface area contributed by atoms with Gasteiger partial charge in [0.25, 0.3) is 0 Å². The van der Waals surface area contributed by atoms with Gasteiger partial charge in [0.2, 0.25) is 0 Å². The molecule has 8 aliphatic rings. The molecular formula is C18H28. The molecule has 4 atom stereocenters. The van der Waals surface area contributed by atoms with Crippen LogP contribution in [0.5, 0.6) is 0 Å². The first-order valence-electron chi connectivity index (χ1n) is 8.82. The molecule has 0 aromatic rings. The van der Waals surface area contributed by atoms with Gasteiger partial charge in [0.05, 0.1) is 0 Å². The fourth-order valence-electron chi connectivity index (χ4n) is 7.48. The van der Waals surface area contributed by atoms with E-state index in [-0.39, 0.29) is 0 Å². The standard InChI is InChI=1S/C18H28/c1-2-4-6-13-9-17(10-13)12-18-11-14(7-5-3-1)15(18)8-16(17)18/h13-16H,1-12H2. The van der Waals surface area contributed by atoms with Gasteiger partial charge in [0.1, 0.15) is 0 Å². The van der Waals surface area contributed by atoms with Crippen molar-refractivity contribution in [1.82, 2.24) is 0 Å². The van der Waals surface area contributed by atoms with Gasteiger partial charge in [-0.15, -0.1) is 0 Å². The molecule has 18 heavy (non-hydrogen) atoms. The highest BCUT2D eigenvalue weighted by atomic mass is 14.8. The van der Waals surface area contributed by atoms with Crippen LogP contribution in [0.2, 0.25) is 0 Å². The zero-order valence-corrected chi connectivity index (χ0v) is 11.8. The second-order valence-corrected chi connectivity index (χ2v) is 8.75. The van der Waals surface area contributed by atoms with E-state index in [0.717, 1.165) is 16.7 Å². The summed E-state index contributed by atoms with van der Waals surface area (Å²) in [6.07, 6.45) is 19.2. The summed E-state index contributed by atoms with van der Waals surface area (Å²) >= 11 is 0. The monoisotopic (exact) mass is 244 g/mol. The lowest BCUT2D eigenvalue weighted by Crippen LogP contribution is -2.77. The lowest BCUT2D eigenvalue weighted by atomic mass is 9.20. The summed E-state index contributed by atoms with van der Waals surface area (Å²) in [5, 5.41) is 0. The van der Waals surface area contributed by atoms with Crippen LogP contribution in [0, 0.1) is 34.5 Å². The fraction of sp³-hybridized carbons (Fsp3) is 1.00. The average molecular weight is 244 g/mol. The lowest BCUT2D eigenvalue weighted by molar-refractivity contribution is -0.357. The molecule has 0 heterocycles. The van der Waals surface area contributed by atoms with Crippen molar-refractivity contribution in [2.45, 2.75) is 77.0 Å². The molecule has 8 fully saturated rings. The first kappa shape index (κ1) is 10.7. The first-order chi connectivity index (χ1) is 8.82. The third-order valence-corrected chi connectivity index (χ3v) is 8.13. The Labute approximate surface area is 112 Å². The minimum Gasteiger partial charge on any atom is -0.0533 e. The molecule has 0 aromatic heterocycles. The van der Waals surface area contributed by atoms with Gasteiger partial charge in [0, 0.05) is 0 Å². The summed E-state index contributed by atoms with van der Waals surface area (Å²) < 4.78 is 0. The molecule has 0 aromatic carbocycles. The minimum atomic E-state index is 0.927. The molecule has 0 heteroatoms. The van der Waals surface area contributed by atoms with Crippen molar-refractivity contribution in [2.24, 2.45) is 34.5 Å². The summed E-state index contributed by atoms with van der Waals surface area (Å²) in [7, 11) is 0. The Bertz CT molecular complexity index is 355. The summed E-state index contributed by atoms with van der Waals surface area (Å²) in [6, 6.07) is 0. The molecule has 0 amide bonds. The van der Waals surface area contributed by atoms with Gasteiger partial charge in [-0.3, -0.25) is 0 Å². The predicted molar refractivity (Wildman–Crippen MR) is 74.2 cm³/mol. The smallest absolute Gasteiger partial charge is 0.0225 e. The van der Waals surface area contributed by atoms with Crippen LogP contribution in [0.25, 0.3) is 0 Å². The molecule has 0 nitrogen and oxygen atoms in total. The molecular weight excluding hydrogens is 216 g/mol. The normalized spacial score (nSPS) is 61.3. The minimum absolute atomic E-state index is 0.927. The Balaban J connectivity index is 1.32. The molecule has 0 N–H and O–H groups in total. The second-order valence-electron chi connectivity index (χ2n) is 8.75. The Morgan fingerprint density at radius 3 is 2.28 bits per heavy atom. The molecule has 0 radical (unpaired) electrons. The van der Waals surface area contributed by atoms with Crippen molar-refractivity contribution >= 4 is 0 Å². The van der Waals surface area contributed by atoms with E-state index in [0.29, 0.717) is 0 Å². The zero-order chi connectivity index (χ0) is 11.8. The lowest BCUT2D eigenvalue weighted by Gasteiger charge is -2.84. The Morgan fingerprint density at radius 1 is 0.778 bits per heavy atom. The Morgan fingerprint density at radius 2 is 1.56 bits per heavy atom. The average Bonchev–Trinajstić information content (AvgIpc) is 2.30. The molecule has 4 unspecified atom stereocenters. The summed E-state index contributed by atoms with van der Waals surface area (Å²) in [5.41, 5.74) is 1.88. The number of rotatable bonds is 0. The summed E-state index contributed by atoms with van der Waals surface area (Å²) in [4.78, 5) is 0. The molecule has 0 saturated heterocycles. The van der Waals surface area contributed by atoms with Gasteiger partial charge in [-0.2, -0.15) is 0 Å². The van der Waals surface area contributed by atoms with Crippen LogP contribution in [0.4, 0.5) is 0 Å². The van der Waals surface area contributed by atoms with Crippen LogP contribution in [0.15, 0.2) is 0 Å². The largest absolute Gasteiger partial charge is 0.0533 e. The van der Waals surface area contributed by atoms with E-state index in [1.165, 1.54) is 37.0 Å². The van der Waals surface area contributed by atoms with Crippen LogP contribution in [0.3, 0.4) is 0 Å². The molecule has 8 rings (SSSR count).